The van der Waals surface area contributed by atoms with E-state index in [9.17, 15) is 19.5 Å². The number of carbonyl (C=O) groups is 3. The predicted octanol–water partition coefficient (Wildman–Crippen LogP) is 0.587. The van der Waals surface area contributed by atoms with E-state index in [0.717, 1.165) is 0 Å². The van der Waals surface area contributed by atoms with Gasteiger partial charge in [0.2, 0.25) is 5.91 Å². The number of amides is 2. The van der Waals surface area contributed by atoms with Crippen molar-refractivity contribution in [1.29, 1.82) is 0 Å². The Hall–Kier alpha value is -1.79. The molecule has 7 nitrogen and oxygen atoms in total. The quantitative estimate of drug-likeness (QED) is 0.767. The van der Waals surface area contributed by atoms with Gasteiger partial charge in [0, 0.05) is 19.9 Å². The summed E-state index contributed by atoms with van der Waals surface area (Å²) >= 11 is 0. The first kappa shape index (κ1) is 15.3. The molecule has 1 saturated heterocycles. The van der Waals surface area contributed by atoms with Crippen molar-refractivity contribution in [2.45, 2.75) is 45.3 Å². The van der Waals surface area contributed by atoms with Crippen LogP contribution in [0.25, 0.3) is 0 Å². The molecule has 0 aliphatic carbocycles. The maximum Gasteiger partial charge on any atom is 0.408 e. The predicted molar refractivity (Wildman–Crippen MR) is 66.6 cm³/mol. The zero-order valence-electron chi connectivity index (χ0n) is 11.6. The zero-order chi connectivity index (χ0) is 14.8. The second-order valence-corrected chi connectivity index (χ2v) is 5.70. The van der Waals surface area contributed by atoms with E-state index in [1.807, 2.05) is 0 Å². The Morgan fingerprint density at radius 1 is 1.32 bits per heavy atom. The lowest BCUT2D eigenvalue weighted by Crippen LogP contribution is -2.57. The average Bonchev–Trinajstić information content (AvgIpc) is 2.60. The van der Waals surface area contributed by atoms with Gasteiger partial charge >= 0.3 is 12.1 Å². The molecule has 0 saturated carbocycles. The van der Waals surface area contributed by atoms with Crippen LogP contribution in [-0.4, -0.2) is 52.2 Å². The van der Waals surface area contributed by atoms with Gasteiger partial charge in [-0.1, -0.05) is 0 Å². The number of ether oxygens (including phenoxy) is 1. The van der Waals surface area contributed by atoms with Crippen LogP contribution < -0.4 is 5.32 Å². The molecule has 0 spiro atoms. The summed E-state index contributed by atoms with van der Waals surface area (Å²) in [4.78, 5) is 35.7. The molecule has 7 heteroatoms. The zero-order valence-corrected chi connectivity index (χ0v) is 11.6. The van der Waals surface area contributed by atoms with Gasteiger partial charge in [0.25, 0.3) is 0 Å². The summed E-state index contributed by atoms with van der Waals surface area (Å²) in [5, 5.41) is 11.7. The van der Waals surface area contributed by atoms with E-state index in [1.165, 1.54) is 11.8 Å². The van der Waals surface area contributed by atoms with Crippen molar-refractivity contribution >= 4 is 18.0 Å². The SMILES string of the molecule is CC(=O)N1CC[C@@](NC(=O)OC(C)(C)C)(C(=O)O)C1. The summed E-state index contributed by atoms with van der Waals surface area (Å²) < 4.78 is 5.05. The second-order valence-electron chi connectivity index (χ2n) is 5.70. The van der Waals surface area contributed by atoms with Crippen molar-refractivity contribution in [3.63, 3.8) is 0 Å². The number of nitrogens with zero attached hydrogens (tertiary/aromatic N) is 1. The number of carboxylic acid groups (broad SMARTS) is 1. The summed E-state index contributed by atoms with van der Waals surface area (Å²) in [7, 11) is 0. The number of alkyl carbamates (subject to hydrolysis) is 1. The van der Waals surface area contributed by atoms with Crippen LogP contribution in [0.5, 0.6) is 0 Å². The van der Waals surface area contributed by atoms with E-state index >= 15 is 0 Å². The van der Waals surface area contributed by atoms with Crippen molar-refractivity contribution in [2.24, 2.45) is 0 Å². The molecule has 1 rings (SSSR count). The summed E-state index contributed by atoms with van der Waals surface area (Å²) in [5.41, 5.74) is -2.17. The van der Waals surface area contributed by atoms with Crippen LogP contribution in [0, 0.1) is 0 Å². The lowest BCUT2D eigenvalue weighted by Gasteiger charge is -2.28. The Kier molecular flexibility index (Phi) is 4.07. The number of rotatable bonds is 2. The van der Waals surface area contributed by atoms with E-state index in [1.54, 1.807) is 20.8 Å². The fraction of sp³-hybridized carbons (Fsp3) is 0.750. The van der Waals surface area contributed by atoms with Crippen molar-refractivity contribution in [1.82, 2.24) is 10.2 Å². The third-order valence-corrected chi connectivity index (χ3v) is 2.86. The van der Waals surface area contributed by atoms with Crippen molar-refractivity contribution in [3.05, 3.63) is 0 Å². The fourth-order valence-corrected chi connectivity index (χ4v) is 1.91. The summed E-state index contributed by atoms with van der Waals surface area (Å²) in [6.07, 6.45) is -0.624. The minimum Gasteiger partial charge on any atom is -0.479 e. The number of nitrogens with one attached hydrogen (secondary N) is 1. The first-order chi connectivity index (χ1) is 8.56. The monoisotopic (exact) mass is 272 g/mol. The maximum atomic E-state index is 11.7. The summed E-state index contributed by atoms with van der Waals surface area (Å²) in [6.45, 7) is 6.70. The molecule has 19 heavy (non-hydrogen) atoms. The van der Waals surface area contributed by atoms with Gasteiger partial charge in [-0.2, -0.15) is 0 Å². The van der Waals surface area contributed by atoms with E-state index in [4.69, 9.17) is 4.74 Å². The highest BCUT2D eigenvalue weighted by atomic mass is 16.6. The van der Waals surface area contributed by atoms with Crippen LogP contribution in [0.2, 0.25) is 0 Å². The highest BCUT2D eigenvalue weighted by molar-refractivity contribution is 5.86. The Morgan fingerprint density at radius 2 is 1.89 bits per heavy atom. The van der Waals surface area contributed by atoms with Gasteiger partial charge in [-0.25, -0.2) is 9.59 Å². The summed E-state index contributed by atoms with van der Waals surface area (Å²) in [6, 6.07) is 0. The minimum atomic E-state index is -1.46. The van der Waals surface area contributed by atoms with Crippen LogP contribution in [-0.2, 0) is 14.3 Å². The smallest absolute Gasteiger partial charge is 0.408 e. The molecule has 2 N–H and O–H groups in total. The van der Waals surface area contributed by atoms with Crippen molar-refractivity contribution < 1.29 is 24.2 Å². The van der Waals surface area contributed by atoms with Crippen molar-refractivity contribution in [2.75, 3.05) is 13.1 Å². The molecule has 1 atom stereocenters. The molecule has 1 heterocycles. The number of hydrogen-bond acceptors (Lipinski definition) is 4. The molecule has 1 aliphatic rings. The van der Waals surface area contributed by atoms with Gasteiger partial charge in [-0.05, 0) is 20.8 Å². The van der Waals surface area contributed by atoms with Crippen LogP contribution >= 0.6 is 0 Å². The average molecular weight is 272 g/mol. The summed E-state index contributed by atoms with van der Waals surface area (Å²) in [5.74, 6) is -1.38. The molecular weight excluding hydrogens is 252 g/mol. The highest BCUT2D eigenvalue weighted by Gasteiger charge is 2.47. The molecule has 0 aromatic heterocycles. The number of carbonyl (C=O) groups excluding carboxylic acids is 2. The van der Waals surface area contributed by atoms with Gasteiger partial charge in [0.05, 0.1) is 6.54 Å². The Balaban J connectivity index is 2.78. The molecule has 1 fully saturated rings. The third-order valence-electron chi connectivity index (χ3n) is 2.86. The van der Waals surface area contributed by atoms with Crippen LogP contribution in [0.4, 0.5) is 4.79 Å². The maximum absolute atomic E-state index is 11.7. The van der Waals surface area contributed by atoms with E-state index < -0.39 is 23.2 Å². The van der Waals surface area contributed by atoms with Gasteiger partial charge in [-0.3, -0.25) is 4.79 Å². The van der Waals surface area contributed by atoms with Gasteiger partial charge in [0.15, 0.2) is 5.54 Å². The first-order valence-electron chi connectivity index (χ1n) is 6.06. The number of aliphatic carboxylic acids is 1. The van der Waals surface area contributed by atoms with E-state index in [2.05, 4.69) is 5.32 Å². The molecule has 1 aliphatic heterocycles. The fourth-order valence-electron chi connectivity index (χ4n) is 1.91. The second kappa shape index (κ2) is 5.07. The lowest BCUT2D eigenvalue weighted by molar-refractivity contribution is -0.144. The number of hydrogen-bond donors (Lipinski definition) is 2. The standard InChI is InChI=1S/C12H20N2O5/c1-8(15)14-6-5-12(7-14,9(16)17)13-10(18)19-11(2,3)4/h5-7H2,1-4H3,(H,13,18)(H,16,17)/t12-/m0/s1. The Morgan fingerprint density at radius 3 is 2.26 bits per heavy atom. The molecule has 0 aromatic rings. The Labute approximate surface area is 111 Å². The number of carboxylic acids is 1. The van der Waals surface area contributed by atoms with E-state index in [-0.39, 0.29) is 18.9 Å². The lowest BCUT2D eigenvalue weighted by atomic mass is 9.99. The van der Waals surface area contributed by atoms with Crippen LogP contribution in [0.1, 0.15) is 34.1 Å². The third kappa shape index (κ3) is 3.84. The van der Waals surface area contributed by atoms with Gasteiger partial charge in [-0.15, -0.1) is 0 Å². The highest BCUT2D eigenvalue weighted by Crippen LogP contribution is 2.22. The van der Waals surface area contributed by atoms with Crippen LogP contribution in [0.3, 0.4) is 0 Å². The van der Waals surface area contributed by atoms with E-state index in [0.29, 0.717) is 6.54 Å². The molecule has 0 unspecified atom stereocenters. The Bertz CT molecular complexity index is 401. The van der Waals surface area contributed by atoms with Crippen molar-refractivity contribution in [3.8, 4) is 0 Å². The molecule has 0 bridgehead atoms. The molecule has 0 aromatic carbocycles. The topological polar surface area (TPSA) is 95.9 Å². The first-order valence-corrected chi connectivity index (χ1v) is 6.06. The van der Waals surface area contributed by atoms with Gasteiger partial charge in [0.1, 0.15) is 5.60 Å². The largest absolute Gasteiger partial charge is 0.479 e. The molecule has 0 radical (unpaired) electrons. The van der Waals surface area contributed by atoms with Gasteiger partial charge < -0.3 is 20.1 Å². The molecule has 108 valence electrons. The molecular formula is C12H20N2O5. The normalized spacial score (nSPS) is 23.1. The number of likely N-dealkylation sites (tertiary alicyclic amines) is 1. The van der Waals surface area contributed by atoms with Crippen LogP contribution in [0.15, 0.2) is 0 Å². The molecule has 2 amide bonds. The minimum absolute atomic E-state index is 0.0447.